The van der Waals surface area contributed by atoms with Crippen molar-refractivity contribution in [2.45, 2.75) is 65.3 Å². The molecule has 1 fully saturated rings. The van der Waals surface area contributed by atoms with Gasteiger partial charge in [0.2, 0.25) is 5.91 Å². The summed E-state index contributed by atoms with van der Waals surface area (Å²) < 4.78 is 12.5. The summed E-state index contributed by atoms with van der Waals surface area (Å²) in [6.07, 6.45) is 1.04. The number of fused-ring (bicyclic) bond motifs is 1. The van der Waals surface area contributed by atoms with Gasteiger partial charge in [0.1, 0.15) is 17.5 Å². The first-order chi connectivity index (χ1) is 14.8. The van der Waals surface area contributed by atoms with Crippen LogP contribution in [0.5, 0.6) is 0 Å². The molecule has 2 aliphatic heterocycles. The zero-order valence-corrected chi connectivity index (χ0v) is 20.0. The summed E-state index contributed by atoms with van der Waals surface area (Å²) in [5.41, 5.74) is -0.769. The molecule has 0 aromatic carbocycles. The number of nitrogens with zero attached hydrogens (tertiary/aromatic N) is 5. The van der Waals surface area contributed by atoms with E-state index in [1.54, 1.807) is 62.2 Å². The molecule has 1 saturated heterocycles. The van der Waals surface area contributed by atoms with Crippen molar-refractivity contribution in [2.24, 2.45) is 0 Å². The molecule has 3 rings (SSSR count). The number of carbonyl (C=O) groups excluding carboxylic acids is 3. The molecule has 32 heavy (non-hydrogen) atoms. The van der Waals surface area contributed by atoms with Gasteiger partial charge in [-0.1, -0.05) is 0 Å². The van der Waals surface area contributed by atoms with Crippen molar-refractivity contribution in [3.8, 4) is 0 Å². The lowest BCUT2D eigenvalue weighted by molar-refractivity contribution is -0.145. The molecule has 178 valence electrons. The van der Waals surface area contributed by atoms with Crippen molar-refractivity contribution >= 4 is 18.0 Å². The third kappa shape index (κ3) is 4.88. The van der Waals surface area contributed by atoms with Crippen LogP contribution in [0, 0.1) is 6.92 Å². The minimum absolute atomic E-state index is 0.125. The van der Waals surface area contributed by atoms with E-state index >= 15 is 0 Å². The standard InChI is InChI=1S/C21H34N6O5/c1-14-22-12-15-13-26(19(30)27(14)15)25-10-8-24(9-11-25)17(28)16(21(5,6)31-7)23-18(29)32-20(2,3)4/h12,16H,8-11,13H2,1-7H3,(H,23,29). The number of piperazine rings is 1. The van der Waals surface area contributed by atoms with Crippen LogP contribution in [-0.2, 0) is 20.8 Å². The number of ether oxygens (including phenoxy) is 2. The summed E-state index contributed by atoms with van der Waals surface area (Å²) >= 11 is 0. The maximum atomic E-state index is 13.3. The molecule has 11 nitrogen and oxygen atoms in total. The van der Waals surface area contributed by atoms with E-state index in [0.717, 1.165) is 5.69 Å². The van der Waals surface area contributed by atoms with Crippen LogP contribution in [0.1, 0.15) is 46.1 Å². The summed E-state index contributed by atoms with van der Waals surface area (Å²) in [6.45, 7) is 12.9. The molecule has 0 bridgehead atoms. The molecule has 0 aliphatic carbocycles. The summed E-state index contributed by atoms with van der Waals surface area (Å²) in [6, 6.07) is -1.04. The molecular formula is C21H34N6O5. The van der Waals surface area contributed by atoms with Crippen LogP contribution >= 0.6 is 0 Å². The number of aryl methyl sites for hydroxylation is 1. The molecule has 1 atom stereocenters. The lowest BCUT2D eigenvalue weighted by Crippen LogP contribution is -2.63. The van der Waals surface area contributed by atoms with Gasteiger partial charge in [-0.05, 0) is 41.5 Å². The average Bonchev–Trinajstić information content (AvgIpc) is 3.24. The molecule has 1 N–H and O–H groups in total. The summed E-state index contributed by atoms with van der Waals surface area (Å²) in [5, 5.41) is 6.33. The van der Waals surface area contributed by atoms with Crippen LogP contribution in [-0.4, -0.2) is 93.0 Å². The van der Waals surface area contributed by atoms with E-state index in [1.165, 1.54) is 7.11 Å². The maximum absolute atomic E-state index is 13.3. The number of hydrazine groups is 1. The number of amides is 3. The Labute approximate surface area is 188 Å². The highest BCUT2D eigenvalue weighted by Gasteiger charge is 2.42. The predicted octanol–water partition coefficient (Wildman–Crippen LogP) is 1.35. The van der Waals surface area contributed by atoms with E-state index in [4.69, 9.17) is 9.47 Å². The van der Waals surface area contributed by atoms with E-state index < -0.39 is 23.3 Å². The van der Waals surface area contributed by atoms with Gasteiger partial charge in [-0.2, -0.15) is 0 Å². The fourth-order valence-corrected chi connectivity index (χ4v) is 3.84. The SMILES string of the molecule is COC(C)(C)C(NC(=O)OC(C)(C)C)C(=O)N1CCN(N2Cc3cnc(C)n3C2=O)CC1. The van der Waals surface area contributed by atoms with Gasteiger partial charge in [0.15, 0.2) is 0 Å². The molecule has 1 aromatic rings. The van der Waals surface area contributed by atoms with Crippen molar-refractivity contribution in [1.82, 2.24) is 29.8 Å². The number of alkyl carbamates (subject to hydrolysis) is 1. The molecule has 3 amide bonds. The summed E-state index contributed by atoms with van der Waals surface area (Å²) in [7, 11) is 1.50. The van der Waals surface area contributed by atoms with E-state index in [9.17, 15) is 14.4 Å². The average molecular weight is 451 g/mol. The number of imidazole rings is 1. The van der Waals surface area contributed by atoms with Crippen LogP contribution in [0.4, 0.5) is 9.59 Å². The minimum Gasteiger partial charge on any atom is -0.444 e. The van der Waals surface area contributed by atoms with E-state index in [0.29, 0.717) is 38.5 Å². The molecular weight excluding hydrogens is 416 g/mol. The minimum atomic E-state index is -0.940. The molecule has 0 radical (unpaired) electrons. The Morgan fingerprint density at radius 2 is 1.75 bits per heavy atom. The molecule has 0 spiro atoms. The second kappa shape index (κ2) is 8.70. The number of carbonyl (C=O) groups is 3. The second-order valence-electron chi connectivity index (χ2n) is 9.64. The van der Waals surface area contributed by atoms with Gasteiger partial charge in [0.25, 0.3) is 0 Å². The van der Waals surface area contributed by atoms with E-state index in [1.807, 2.05) is 5.01 Å². The molecule has 0 saturated carbocycles. The fourth-order valence-electron chi connectivity index (χ4n) is 3.84. The largest absolute Gasteiger partial charge is 0.444 e. The van der Waals surface area contributed by atoms with Crippen molar-refractivity contribution in [1.29, 1.82) is 0 Å². The smallest absolute Gasteiger partial charge is 0.408 e. The van der Waals surface area contributed by atoms with Gasteiger partial charge >= 0.3 is 12.1 Å². The Hall–Kier alpha value is -2.66. The zero-order chi connectivity index (χ0) is 23.8. The number of nitrogens with one attached hydrogen (secondary N) is 1. The fraction of sp³-hybridized carbons (Fsp3) is 0.714. The third-order valence-corrected chi connectivity index (χ3v) is 5.77. The van der Waals surface area contributed by atoms with Crippen molar-refractivity contribution in [2.75, 3.05) is 33.3 Å². The third-order valence-electron chi connectivity index (χ3n) is 5.77. The quantitative estimate of drug-likeness (QED) is 0.721. The van der Waals surface area contributed by atoms with Crippen LogP contribution in [0.3, 0.4) is 0 Å². The molecule has 11 heteroatoms. The molecule has 1 aromatic heterocycles. The normalized spacial score (nSPS) is 18.5. The number of aromatic nitrogens is 2. The summed E-state index contributed by atoms with van der Waals surface area (Å²) in [4.78, 5) is 44.3. The topological polar surface area (TPSA) is 109 Å². The van der Waals surface area contributed by atoms with Gasteiger partial charge < -0.3 is 19.7 Å². The lowest BCUT2D eigenvalue weighted by Gasteiger charge is -2.42. The zero-order valence-electron chi connectivity index (χ0n) is 20.0. The Morgan fingerprint density at radius 1 is 1.12 bits per heavy atom. The molecule has 1 unspecified atom stereocenters. The van der Waals surface area contributed by atoms with Gasteiger partial charge in [0.05, 0.1) is 24.0 Å². The monoisotopic (exact) mass is 450 g/mol. The van der Waals surface area contributed by atoms with Crippen LogP contribution in [0.25, 0.3) is 0 Å². The number of hydrogen-bond acceptors (Lipinski definition) is 7. The van der Waals surface area contributed by atoms with Crippen molar-refractivity contribution in [3.63, 3.8) is 0 Å². The Kier molecular flexibility index (Phi) is 6.52. The lowest BCUT2D eigenvalue weighted by atomic mass is 9.97. The van der Waals surface area contributed by atoms with Crippen molar-refractivity contribution < 1.29 is 23.9 Å². The number of hydrogen-bond donors (Lipinski definition) is 1. The van der Waals surface area contributed by atoms with Gasteiger partial charge in [-0.15, -0.1) is 0 Å². The highest BCUT2D eigenvalue weighted by atomic mass is 16.6. The summed E-state index contributed by atoms with van der Waals surface area (Å²) in [5.74, 6) is 0.417. The van der Waals surface area contributed by atoms with Gasteiger partial charge in [0, 0.05) is 33.3 Å². The van der Waals surface area contributed by atoms with Gasteiger partial charge in [-0.25, -0.2) is 24.1 Å². The Morgan fingerprint density at radius 3 is 2.28 bits per heavy atom. The van der Waals surface area contributed by atoms with Crippen molar-refractivity contribution in [3.05, 3.63) is 17.7 Å². The van der Waals surface area contributed by atoms with Crippen LogP contribution in [0.15, 0.2) is 6.20 Å². The molecule has 2 aliphatic rings. The van der Waals surface area contributed by atoms with E-state index in [-0.39, 0.29) is 11.9 Å². The van der Waals surface area contributed by atoms with Gasteiger partial charge in [-0.3, -0.25) is 9.80 Å². The highest BCUT2D eigenvalue weighted by molar-refractivity contribution is 5.87. The maximum Gasteiger partial charge on any atom is 0.408 e. The first-order valence-corrected chi connectivity index (χ1v) is 10.8. The number of methoxy groups -OCH3 is 1. The second-order valence-corrected chi connectivity index (χ2v) is 9.64. The first-order valence-electron chi connectivity index (χ1n) is 10.8. The number of rotatable bonds is 5. The van der Waals surface area contributed by atoms with Crippen LogP contribution < -0.4 is 5.32 Å². The highest BCUT2D eigenvalue weighted by Crippen LogP contribution is 2.23. The molecule has 3 heterocycles. The first kappa shape index (κ1) is 24.0. The Balaban J connectivity index is 1.64. The van der Waals surface area contributed by atoms with Crippen LogP contribution in [0.2, 0.25) is 0 Å². The Bertz CT molecular complexity index is 882. The predicted molar refractivity (Wildman–Crippen MR) is 116 cm³/mol. The van der Waals surface area contributed by atoms with E-state index in [2.05, 4.69) is 10.3 Å².